The second kappa shape index (κ2) is 5.12. The van der Waals surface area contributed by atoms with E-state index in [1.807, 2.05) is 0 Å². The van der Waals surface area contributed by atoms with Gasteiger partial charge in [-0.3, -0.25) is 0 Å². The minimum absolute atomic E-state index is 0.324. The lowest BCUT2D eigenvalue weighted by Gasteiger charge is -2.43. The second-order valence-electron chi connectivity index (χ2n) is 8.45. The predicted molar refractivity (Wildman–Crippen MR) is 91.1 cm³/mol. The highest BCUT2D eigenvalue weighted by Gasteiger charge is 2.38. The van der Waals surface area contributed by atoms with Crippen molar-refractivity contribution in [2.75, 3.05) is 7.05 Å². The fourth-order valence-corrected chi connectivity index (χ4v) is 4.34. The van der Waals surface area contributed by atoms with Gasteiger partial charge in [-0.15, -0.1) is 0 Å². The van der Waals surface area contributed by atoms with Crippen LogP contribution in [-0.2, 0) is 17.3 Å². The zero-order valence-electron chi connectivity index (χ0n) is 14.5. The molecule has 0 heterocycles. The van der Waals surface area contributed by atoms with Gasteiger partial charge in [-0.05, 0) is 72.2 Å². The first-order chi connectivity index (χ1) is 9.85. The van der Waals surface area contributed by atoms with E-state index in [1.54, 1.807) is 22.3 Å². The number of hydrogen-bond acceptors (Lipinski definition) is 1. The molecule has 0 bridgehead atoms. The molecule has 0 saturated carbocycles. The van der Waals surface area contributed by atoms with Gasteiger partial charge in [-0.2, -0.15) is 0 Å². The van der Waals surface area contributed by atoms with E-state index in [1.165, 1.54) is 38.5 Å². The molecule has 1 aromatic carbocycles. The Morgan fingerprint density at radius 1 is 0.952 bits per heavy atom. The molecule has 0 aromatic heterocycles. The summed E-state index contributed by atoms with van der Waals surface area (Å²) in [5, 5.41) is 3.55. The summed E-state index contributed by atoms with van der Waals surface area (Å²) in [5.74, 6) is 0. The van der Waals surface area contributed by atoms with Gasteiger partial charge in [-0.1, -0.05) is 46.2 Å². The lowest BCUT2D eigenvalue weighted by atomic mass is 9.62. The number of rotatable bonds is 1. The highest BCUT2D eigenvalue weighted by Crippen LogP contribution is 2.47. The average Bonchev–Trinajstić information content (AvgIpc) is 2.64. The molecule has 0 fully saturated rings. The van der Waals surface area contributed by atoms with Crippen LogP contribution in [0.15, 0.2) is 12.1 Å². The lowest BCUT2D eigenvalue weighted by molar-refractivity contribution is 0.331. The molecule has 1 unspecified atom stereocenters. The van der Waals surface area contributed by atoms with Gasteiger partial charge < -0.3 is 5.32 Å². The van der Waals surface area contributed by atoms with Gasteiger partial charge in [0.15, 0.2) is 0 Å². The van der Waals surface area contributed by atoms with E-state index in [0.29, 0.717) is 16.9 Å². The Balaban J connectivity index is 2.20. The van der Waals surface area contributed by atoms with Gasteiger partial charge in [0.2, 0.25) is 0 Å². The molecule has 1 atom stereocenters. The van der Waals surface area contributed by atoms with Crippen LogP contribution in [0.25, 0.3) is 0 Å². The topological polar surface area (TPSA) is 12.0 Å². The van der Waals surface area contributed by atoms with E-state index in [4.69, 9.17) is 0 Å². The Morgan fingerprint density at radius 3 is 2.19 bits per heavy atom. The van der Waals surface area contributed by atoms with Crippen LogP contribution in [0.5, 0.6) is 0 Å². The molecular formula is C20H31N. The number of hydrogen-bond donors (Lipinski definition) is 1. The number of nitrogens with one attached hydrogen (secondary N) is 1. The van der Waals surface area contributed by atoms with Crippen molar-refractivity contribution in [3.63, 3.8) is 0 Å². The largest absolute Gasteiger partial charge is 0.313 e. The van der Waals surface area contributed by atoms with Crippen LogP contribution in [0.4, 0.5) is 0 Å². The van der Waals surface area contributed by atoms with E-state index in [-0.39, 0.29) is 0 Å². The molecule has 21 heavy (non-hydrogen) atoms. The van der Waals surface area contributed by atoms with Crippen molar-refractivity contribution in [1.82, 2.24) is 5.32 Å². The second-order valence-corrected chi connectivity index (χ2v) is 8.45. The maximum Gasteiger partial charge on any atom is 0.0320 e. The molecule has 2 aliphatic rings. The zero-order valence-corrected chi connectivity index (χ0v) is 14.5. The van der Waals surface area contributed by atoms with Crippen molar-refractivity contribution >= 4 is 0 Å². The Morgan fingerprint density at radius 2 is 1.57 bits per heavy atom. The van der Waals surface area contributed by atoms with Gasteiger partial charge in [0.1, 0.15) is 0 Å². The predicted octanol–water partition coefficient (Wildman–Crippen LogP) is 5.02. The third-order valence-corrected chi connectivity index (χ3v) is 6.03. The monoisotopic (exact) mass is 285 g/mol. The molecule has 1 nitrogen and oxygen atoms in total. The SMILES string of the molecule is CNC1CCCCc2cc3c(cc21)C(C)(C)CCC3(C)C. The molecule has 2 aliphatic carbocycles. The molecule has 0 saturated heterocycles. The molecule has 1 N–H and O–H groups in total. The number of benzene rings is 1. The quantitative estimate of drug-likeness (QED) is 0.714. The van der Waals surface area contributed by atoms with Crippen LogP contribution in [0.2, 0.25) is 0 Å². The first kappa shape index (κ1) is 15.1. The highest BCUT2D eigenvalue weighted by atomic mass is 14.9. The van der Waals surface area contributed by atoms with Gasteiger partial charge >= 0.3 is 0 Å². The maximum absolute atomic E-state index is 3.55. The van der Waals surface area contributed by atoms with E-state index in [0.717, 1.165) is 0 Å². The molecule has 116 valence electrons. The minimum atomic E-state index is 0.324. The Labute approximate surface area is 130 Å². The van der Waals surface area contributed by atoms with Gasteiger partial charge in [0.25, 0.3) is 0 Å². The molecule has 0 spiro atoms. The maximum atomic E-state index is 3.55. The first-order valence-electron chi connectivity index (χ1n) is 8.70. The fourth-order valence-electron chi connectivity index (χ4n) is 4.34. The highest BCUT2D eigenvalue weighted by molar-refractivity contribution is 5.48. The van der Waals surface area contributed by atoms with Crippen molar-refractivity contribution in [3.05, 3.63) is 34.4 Å². The van der Waals surface area contributed by atoms with Crippen LogP contribution in [0.3, 0.4) is 0 Å². The van der Waals surface area contributed by atoms with Crippen LogP contribution in [0.1, 0.15) is 88.1 Å². The van der Waals surface area contributed by atoms with Gasteiger partial charge in [0, 0.05) is 6.04 Å². The van der Waals surface area contributed by atoms with Crippen LogP contribution in [-0.4, -0.2) is 7.05 Å². The smallest absolute Gasteiger partial charge is 0.0320 e. The normalized spacial score (nSPS) is 26.6. The van der Waals surface area contributed by atoms with Gasteiger partial charge in [0.05, 0.1) is 0 Å². The number of aryl methyl sites for hydroxylation is 1. The molecule has 0 aliphatic heterocycles. The number of fused-ring (bicyclic) bond motifs is 2. The summed E-state index contributed by atoms with van der Waals surface area (Å²) in [5.41, 5.74) is 7.08. The standard InChI is InChI=1S/C20H31N/c1-19(2)10-11-20(3,4)17-13-15-14(12-16(17)19)8-6-7-9-18(15)21-5/h12-13,18,21H,6-11H2,1-5H3. The van der Waals surface area contributed by atoms with Crippen molar-refractivity contribution < 1.29 is 0 Å². The minimum Gasteiger partial charge on any atom is -0.313 e. The molecule has 1 aromatic rings. The van der Waals surface area contributed by atoms with Crippen molar-refractivity contribution in [1.29, 1.82) is 0 Å². The molecular weight excluding hydrogens is 254 g/mol. The average molecular weight is 285 g/mol. The van der Waals surface area contributed by atoms with Gasteiger partial charge in [-0.25, -0.2) is 0 Å². The summed E-state index contributed by atoms with van der Waals surface area (Å²) in [6.07, 6.45) is 7.84. The summed E-state index contributed by atoms with van der Waals surface area (Å²) in [6.45, 7) is 9.72. The van der Waals surface area contributed by atoms with E-state index in [2.05, 4.69) is 52.2 Å². The third-order valence-electron chi connectivity index (χ3n) is 6.03. The Bertz CT molecular complexity index is 539. The Hall–Kier alpha value is -0.820. The van der Waals surface area contributed by atoms with Crippen molar-refractivity contribution in [3.8, 4) is 0 Å². The van der Waals surface area contributed by atoms with Crippen LogP contribution in [0, 0.1) is 0 Å². The van der Waals surface area contributed by atoms with E-state index < -0.39 is 0 Å². The zero-order chi connectivity index (χ0) is 15.3. The Kier molecular flexibility index (Phi) is 3.68. The molecule has 0 radical (unpaired) electrons. The lowest BCUT2D eigenvalue weighted by Crippen LogP contribution is -2.34. The summed E-state index contributed by atoms with van der Waals surface area (Å²) in [4.78, 5) is 0. The summed E-state index contributed by atoms with van der Waals surface area (Å²) >= 11 is 0. The van der Waals surface area contributed by atoms with Crippen LogP contribution < -0.4 is 5.32 Å². The van der Waals surface area contributed by atoms with Crippen molar-refractivity contribution in [2.45, 2.75) is 83.1 Å². The fraction of sp³-hybridized carbons (Fsp3) is 0.700. The summed E-state index contributed by atoms with van der Waals surface area (Å²) in [7, 11) is 2.12. The van der Waals surface area contributed by atoms with Crippen LogP contribution >= 0.6 is 0 Å². The molecule has 0 amide bonds. The summed E-state index contributed by atoms with van der Waals surface area (Å²) < 4.78 is 0. The summed E-state index contributed by atoms with van der Waals surface area (Å²) in [6, 6.07) is 5.69. The van der Waals surface area contributed by atoms with E-state index in [9.17, 15) is 0 Å². The van der Waals surface area contributed by atoms with E-state index >= 15 is 0 Å². The van der Waals surface area contributed by atoms with Crippen molar-refractivity contribution in [2.24, 2.45) is 0 Å². The molecule has 1 heteroatoms. The molecule has 3 rings (SSSR count). The first-order valence-corrected chi connectivity index (χ1v) is 8.70. The third kappa shape index (κ3) is 2.54.